The highest BCUT2D eigenvalue weighted by Gasteiger charge is 2.18. The lowest BCUT2D eigenvalue weighted by atomic mass is 9.92. The molecular formula is C33H51NOS. The van der Waals surface area contributed by atoms with Crippen LogP contribution in [-0.2, 0) is 0 Å². The van der Waals surface area contributed by atoms with Gasteiger partial charge in [-0.2, -0.15) is 0 Å². The first-order valence-electron chi connectivity index (χ1n) is 14.6. The van der Waals surface area contributed by atoms with E-state index in [1.165, 1.54) is 88.2 Å². The summed E-state index contributed by atoms with van der Waals surface area (Å²) in [5.41, 5.74) is 4.19. The molecule has 0 unspecified atom stereocenters. The van der Waals surface area contributed by atoms with Gasteiger partial charge >= 0.3 is 0 Å². The number of carbonyl (C=O) groups excluding carboxylic acids is 1. The van der Waals surface area contributed by atoms with Crippen LogP contribution in [0.4, 0.5) is 5.69 Å². The summed E-state index contributed by atoms with van der Waals surface area (Å²) < 4.78 is 0. The van der Waals surface area contributed by atoms with Gasteiger partial charge in [0.25, 0.3) is 5.91 Å². The van der Waals surface area contributed by atoms with E-state index in [-0.39, 0.29) is 5.91 Å². The van der Waals surface area contributed by atoms with Gasteiger partial charge in [0.2, 0.25) is 0 Å². The zero-order valence-electron chi connectivity index (χ0n) is 23.7. The second-order valence-electron chi connectivity index (χ2n) is 10.8. The van der Waals surface area contributed by atoms with Crippen molar-refractivity contribution in [2.24, 2.45) is 0 Å². The first-order chi connectivity index (χ1) is 17.5. The number of para-hydroxylation sites is 1. The number of thioether (sulfide) groups is 1. The van der Waals surface area contributed by atoms with Crippen molar-refractivity contribution < 1.29 is 4.79 Å². The van der Waals surface area contributed by atoms with Gasteiger partial charge < -0.3 is 5.32 Å². The molecule has 0 spiro atoms. The molecule has 0 aromatic heterocycles. The molecule has 2 aromatic rings. The van der Waals surface area contributed by atoms with Crippen molar-refractivity contribution in [3.8, 4) is 0 Å². The Hall–Kier alpha value is -1.74. The van der Waals surface area contributed by atoms with Crippen LogP contribution in [0.3, 0.4) is 0 Å². The van der Waals surface area contributed by atoms with Gasteiger partial charge in [-0.1, -0.05) is 136 Å². The maximum absolute atomic E-state index is 13.4. The molecule has 0 fully saturated rings. The average Bonchev–Trinajstić information content (AvgIpc) is 2.86. The molecule has 2 aromatic carbocycles. The highest BCUT2D eigenvalue weighted by Crippen LogP contribution is 2.33. The van der Waals surface area contributed by atoms with Crippen molar-refractivity contribution in [2.75, 3.05) is 11.1 Å². The summed E-state index contributed by atoms with van der Waals surface area (Å²) in [5.74, 6) is 1.79. The predicted molar refractivity (Wildman–Crippen MR) is 161 cm³/mol. The number of carbonyl (C=O) groups is 1. The fourth-order valence-electron chi connectivity index (χ4n) is 4.78. The smallest absolute Gasteiger partial charge is 0.256 e. The first-order valence-corrected chi connectivity index (χ1v) is 15.6. The number of hydrogen-bond donors (Lipinski definition) is 1. The van der Waals surface area contributed by atoms with Crippen LogP contribution in [0.1, 0.15) is 145 Å². The van der Waals surface area contributed by atoms with Gasteiger partial charge in [-0.25, -0.2) is 0 Å². The fraction of sp³-hybridized carbons (Fsp3) is 0.606. The van der Waals surface area contributed by atoms with Crippen molar-refractivity contribution in [1.82, 2.24) is 0 Å². The SMILES string of the molecule is CCCCCCCCCCCCCCSc1ccccc1C(=O)Nc1c(C(C)C)cccc1C(C)C. The zero-order chi connectivity index (χ0) is 26.2. The molecule has 3 heteroatoms. The number of hydrogen-bond acceptors (Lipinski definition) is 2. The Kier molecular flexibility index (Phi) is 15.0. The molecule has 0 bridgehead atoms. The number of unbranched alkanes of at least 4 members (excludes halogenated alkanes) is 11. The maximum atomic E-state index is 13.4. The Morgan fingerprint density at radius 1 is 0.694 bits per heavy atom. The molecular weight excluding hydrogens is 458 g/mol. The van der Waals surface area contributed by atoms with E-state index in [2.05, 4.69) is 64.2 Å². The molecule has 0 radical (unpaired) electrons. The highest BCUT2D eigenvalue weighted by atomic mass is 32.2. The number of nitrogens with one attached hydrogen (secondary N) is 1. The Morgan fingerprint density at radius 3 is 1.72 bits per heavy atom. The molecule has 36 heavy (non-hydrogen) atoms. The largest absolute Gasteiger partial charge is 0.321 e. The molecule has 0 aliphatic heterocycles. The van der Waals surface area contributed by atoms with E-state index in [1.54, 1.807) is 0 Å². The highest BCUT2D eigenvalue weighted by molar-refractivity contribution is 7.99. The zero-order valence-corrected chi connectivity index (χ0v) is 24.5. The van der Waals surface area contributed by atoms with Crippen LogP contribution in [0.5, 0.6) is 0 Å². The third-order valence-corrected chi connectivity index (χ3v) is 8.16. The fourth-order valence-corrected chi connectivity index (χ4v) is 5.84. The van der Waals surface area contributed by atoms with Crippen LogP contribution in [0.2, 0.25) is 0 Å². The molecule has 2 rings (SSSR count). The van der Waals surface area contributed by atoms with Gasteiger partial charge in [0, 0.05) is 10.6 Å². The van der Waals surface area contributed by atoms with Crippen molar-refractivity contribution in [1.29, 1.82) is 0 Å². The summed E-state index contributed by atoms with van der Waals surface area (Å²) in [6.45, 7) is 11.0. The van der Waals surface area contributed by atoms with Crippen LogP contribution < -0.4 is 5.32 Å². The van der Waals surface area contributed by atoms with Crippen molar-refractivity contribution in [3.63, 3.8) is 0 Å². The molecule has 0 saturated carbocycles. The molecule has 0 saturated heterocycles. The van der Waals surface area contributed by atoms with E-state index in [0.717, 1.165) is 21.9 Å². The monoisotopic (exact) mass is 509 g/mol. The Bertz CT molecular complexity index is 863. The number of benzene rings is 2. The summed E-state index contributed by atoms with van der Waals surface area (Å²) in [6.07, 6.45) is 16.4. The molecule has 0 atom stereocenters. The van der Waals surface area contributed by atoms with E-state index < -0.39 is 0 Å². The minimum atomic E-state index is 0.00259. The Morgan fingerprint density at radius 2 is 1.19 bits per heavy atom. The summed E-state index contributed by atoms with van der Waals surface area (Å²) in [5, 5.41) is 3.30. The third-order valence-electron chi connectivity index (χ3n) is 7.00. The first kappa shape index (κ1) is 30.5. The van der Waals surface area contributed by atoms with E-state index in [4.69, 9.17) is 0 Å². The summed E-state index contributed by atoms with van der Waals surface area (Å²) in [4.78, 5) is 14.5. The second-order valence-corrected chi connectivity index (χ2v) is 11.9. The van der Waals surface area contributed by atoms with Crippen LogP contribution >= 0.6 is 11.8 Å². The predicted octanol–water partition coefficient (Wildman–Crippen LogP) is 11.0. The van der Waals surface area contributed by atoms with Gasteiger partial charge in [-0.15, -0.1) is 11.8 Å². The van der Waals surface area contributed by atoms with Gasteiger partial charge in [-0.05, 0) is 47.3 Å². The van der Waals surface area contributed by atoms with Gasteiger partial charge in [-0.3, -0.25) is 4.79 Å². The van der Waals surface area contributed by atoms with E-state index in [9.17, 15) is 4.79 Å². The Labute approximate surface area is 226 Å². The van der Waals surface area contributed by atoms with Gasteiger partial charge in [0.1, 0.15) is 0 Å². The van der Waals surface area contributed by atoms with Crippen LogP contribution in [0.25, 0.3) is 0 Å². The topological polar surface area (TPSA) is 29.1 Å². The van der Waals surface area contributed by atoms with Gasteiger partial charge in [0.15, 0.2) is 0 Å². The normalized spacial score (nSPS) is 11.4. The van der Waals surface area contributed by atoms with E-state index in [0.29, 0.717) is 11.8 Å². The lowest BCUT2D eigenvalue weighted by Gasteiger charge is -2.20. The maximum Gasteiger partial charge on any atom is 0.256 e. The van der Waals surface area contributed by atoms with Crippen molar-refractivity contribution >= 4 is 23.4 Å². The molecule has 0 heterocycles. The Balaban J connectivity index is 1.79. The number of anilines is 1. The lowest BCUT2D eigenvalue weighted by Crippen LogP contribution is -2.16. The average molecular weight is 510 g/mol. The molecule has 2 nitrogen and oxygen atoms in total. The van der Waals surface area contributed by atoms with Gasteiger partial charge in [0.05, 0.1) is 5.56 Å². The summed E-state index contributed by atoms with van der Waals surface area (Å²) in [6, 6.07) is 14.5. The van der Waals surface area contributed by atoms with E-state index in [1.807, 2.05) is 30.0 Å². The molecule has 0 aliphatic rings. The summed E-state index contributed by atoms with van der Waals surface area (Å²) in [7, 11) is 0. The number of amides is 1. The second kappa shape index (κ2) is 17.7. The van der Waals surface area contributed by atoms with Crippen molar-refractivity contribution in [2.45, 2.75) is 128 Å². The van der Waals surface area contributed by atoms with E-state index >= 15 is 0 Å². The van der Waals surface area contributed by atoms with Crippen LogP contribution in [0.15, 0.2) is 47.4 Å². The summed E-state index contributed by atoms with van der Waals surface area (Å²) >= 11 is 1.83. The molecule has 0 aliphatic carbocycles. The molecule has 1 amide bonds. The lowest BCUT2D eigenvalue weighted by molar-refractivity contribution is 0.102. The number of rotatable bonds is 18. The quantitative estimate of drug-likeness (QED) is 0.160. The van der Waals surface area contributed by atoms with Crippen LogP contribution in [0, 0.1) is 0 Å². The van der Waals surface area contributed by atoms with Crippen molar-refractivity contribution in [3.05, 3.63) is 59.2 Å². The minimum Gasteiger partial charge on any atom is -0.321 e. The standard InChI is InChI=1S/C33H51NOS/c1-6-7-8-9-10-11-12-13-14-15-16-19-25-36-31-24-18-17-21-30(31)33(35)34-32-28(26(2)3)22-20-23-29(32)27(4)5/h17-18,20-24,26-27H,6-16,19,25H2,1-5H3,(H,34,35). The molecule has 200 valence electrons. The minimum absolute atomic E-state index is 0.00259. The van der Waals surface area contributed by atoms with Crippen LogP contribution in [-0.4, -0.2) is 11.7 Å². The third kappa shape index (κ3) is 10.7. The molecule has 1 N–H and O–H groups in total.